The van der Waals surface area contributed by atoms with E-state index in [1.54, 1.807) is 19.2 Å². The van der Waals surface area contributed by atoms with E-state index >= 15 is 0 Å². The fourth-order valence-corrected chi connectivity index (χ4v) is 3.20. The summed E-state index contributed by atoms with van der Waals surface area (Å²) in [6.45, 7) is 0.552. The van der Waals surface area contributed by atoms with E-state index in [2.05, 4.69) is 9.97 Å². The number of carbonyl (C=O) groups is 1. The highest BCUT2D eigenvalue weighted by Gasteiger charge is 2.43. The number of hydrogen-bond donors (Lipinski definition) is 0. The molecule has 1 fully saturated rings. The number of halogens is 4. The molecule has 1 aliphatic rings. The van der Waals surface area contributed by atoms with E-state index in [9.17, 15) is 18.0 Å². The number of rotatable bonds is 6. The molecule has 1 amide bonds. The Kier molecular flexibility index (Phi) is 6.63. The van der Waals surface area contributed by atoms with Crippen molar-refractivity contribution in [2.45, 2.75) is 25.1 Å². The molecule has 3 rings (SSSR count). The average molecular weight is 434 g/mol. The lowest BCUT2D eigenvalue weighted by Crippen LogP contribution is -2.47. The summed E-state index contributed by atoms with van der Waals surface area (Å²) in [7, 11) is 1.55. The Morgan fingerprint density at radius 3 is 2.59 bits per heavy atom. The van der Waals surface area contributed by atoms with Gasteiger partial charge in [0.15, 0.2) is 11.5 Å². The fourth-order valence-electron chi connectivity index (χ4n) is 3.01. The largest absolute Gasteiger partial charge is 0.487 e. The average Bonchev–Trinajstić information content (AvgIpc) is 2.68. The molecule has 1 aliphatic heterocycles. The summed E-state index contributed by atoms with van der Waals surface area (Å²) in [5.41, 5.74) is 0.565. The van der Waals surface area contributed by atoms with E-state index in [-0.39, 0.29) is 43.8 Å². The maximum absolute atomic E-state index is 12.6. The molecule has 1 aromatic heterocycles. The number of nitrogens with zero attached hydrogens (tertiary/aromatic N) is 3. The van der Waals surface area contributed by atoms with Crippen molar-refractivity contribution in [3.63, 3.8) is 0 Å². The summed E-state index contributed by atoms with van der Waals surface area (Å²) < 4.78 is 54.5. The van der Waals surface area contributed by atoms with E-state index in [1.807, 2.05) is 0 Å². The minimum atomic E-state index is -4.87. The number of benzene rings is 1. The summed E-state index contributed by atoms with van der Waals surface area (Å²) >= 11 is 6.13. The second-order valence-electron chi connectivity index (χ2n) is 6.43. The monoisotopic (exact) mass is 433 g/mol. The van der Waals surface area contributed by atoms with Crippen molar-refractivity contribution in [1.29, 1.82) is 0 Å². The number of aromatic nitrogens is 2. The Labute approximate surface area is 169 Å². The van der Waals surface area contributed by atoms with Gasteiger partial charge in [0.1, 0.15) is 24.2 Å². The van der Waals surface area contributed by atoms with E-state index in [1.165, 1.54) is 6.33 Å². The van der Waals surface area contributed by atoms with Gasteiger partial charge in [0, 0.05) is 44.5 Å². The first-order valence-corrected chi connectivity index (χ1v) is 9.26. The van der Waals surface area contributed by atoms with Crippen molar-refractivity contribution in [2.75, 3.05) is 33.4 Å². The molecule has 0 radical (unpaired) electrons. The van der Waals surface area contributed by atoms with Crippen LogP contribution < -0.4 is 9.47 Å². The molecule has 2 heterocycles. The molecule has 7 nitrogen and oxygen atoms in total. The molecular formula is C18H19ClF3N3O4. The molecule has 158 valence electrons. The van der Waals surface area contributed by atoms with Gasteiger partial charge in [0.2, 0.25) is 0 Å². The number of carbonyl (C=O) groups excluding carboxylic acids is 1. The predicted octanol–water partition coefficient (Wildman–Crippen LogP) is 3.24. The van der Waals surface area contributed by atoms with Gasteiger partial charge >= 0.3 is 12.1 Å². The maximum Gasteiger partial charge on any atom is 0.471 e. The van der Waals surface area contributed by atoms with E-state index in [0.717, 1.165) is 4.90 Å². The minimum Gasteiger partial charge on any atom is -0.487 e. The minimum absolute atomic E-state index is 0.0413. The Hall–Kier alpha value is -2.33. The van der Waals surface area contributed by atoms with Gasteiger partial charge in [0.05, 0.1) is 12.1 Å². The maximum atomic E-state index is 12.6. The van der Waals surface area contributed by atoms with Crippen LogP contribution in [0.15, 0.2) is 18.5 Å². The lowest BCUT2D eigenvalue weighted by molar-refractivity contribution is -0.187. The number of ether oxygens (including phenoxy) is 3. The van der Waals surface area contributed by atoms with Crippen molar-refractivity contribution >= 4 is 28.4 Å². The number of likely N-dealkylation sites (tertiary alicyclic amines) is 1. The van der Waals surface area contributed by atoms with Crippen LogP contribution in [-0.2, 0) is 9.53 Å². The van der Waals surface area contributed by atoms with Gasteiger partial charge in [-0.25, -0.2) is 9.97 Å². The van der Waals surface area contributed by atoms with Crippen LogP contribution in [0.2, 0.25) is 5.15 Å². The fraction of sp³-hybridized carbons (Fsp3) is 0.500. The van der Waals surface area contributed by atoms with Gasteiger partial charge in [-0.05, 0) is 6.07 Å². The van der Waals surface area contributed by atoms with E-state index in [0.29, 0.717) is 29.0 Å². The number of fused-ring (bicyclic) bond motifs is 1. The molecule has 0 unspecified atom stereocenters. The second-order valence-corrected chi connectivity index (χ2v) is 6.79. The van der Waals surface area contributed by atoms with Crippen LogP contribution in [0.5, 0.6) is 11.5 Å². The van der Waals surface area contributed by atoms with Gasteiger partial charge in [-0.15, -0.1) is 0 Å². The van der Waals surface area contributed by atoms with Gasteiger partial charge in [-0.3, -0.25) is 4.79 Å². The summed E-state index contributed by atoms with van der Waals surface area (Å²) in [5.74, 6) is -1.03. The third-order valence-corrected chi connectivity index (χ3v) is 4.76. The molecule has 0 atom stereocenters. The smallest absolute Gasteiger partial charge is 0.471 e. The lowest BCUT2D eigenvalue weighted by atomic mass is 10.1. The van der Waals surface area contributed by atoms with Gasteiger partial charge in [-0.1, -0.05) is 11.6 Å². The number of alkyl halides is 3. The molecule has 11 heteroatoms. The van der Waals surface area contributed by atoms with Crippen LogP contribution in [0.3, 0.4) is 0 Å². The van der Waals surface area contributed by atoms with Crippen LogP contribution >= 0.6 is 11.6 Å². The van der Waals surface area contributed by atoms with Gasteiger partial charge in [-0.2, -0.15) is 13.2 Å². The Morgan fingerprint density at radius 2 is 1.93 bits per heavy atom. The molecule has 0 spiro atoms. The summed E-state index contributed by atoms with van der Waals surface area (Å²) in [4.78, 5) is 20.3. The molecule has 2 aromatic rings. The third-order valence-electron chi connectivity index (χ3n) is 4.46. The summed E-state index contributed by atoms with van der Waals surface area (Å²) in [5, 5.41) is 0.807. The number of piperidine rings is 1. The quantitative estimate of drug-likeness (QED) is 0.514. The molecule has 1 aromatic carbocycles. The Balaban J connectivity index is 1.75. The van der Waals surface area contributed by atoms with E-state index < -0.39 is 12.1 Å². The molecule has 0 saturated carbocycles. The molecule has 0 aliphatic carbocycles. The second kappa shape index (κ2) is 9.00. The van der Waals surface area contributed by atoms with Crippen LogP contribution in [0.25, 0.3) is 10.9 Å². The first kappa shape index (κ1) is 21.4. The standard InChI is InChI=1S/C18H19ClF3N3O4/c1-27-6-7-28-14-9-13-12(16(19)24-10-23-13)8-15(14)29-11-2-4-25(5-3-11)17(26)18(20,21)22/h8-11H,2-7H2,1H3. The van der Waals surface area contributed by atoms with Crippen molar-refractivity contribution < 1.29 is 32.2 Å². The van der Waals surface area contributed by atoms with Gasteiger partial charge in [0.25, 0.3) is 0 Å². The zero-order valence-corrected chi connectivity index (χ0v) is 16.3. The first-order valence-electron chi connectivity index (χ1n) is 8.88. The number of amides is 1. The van der Waals surface area contributed by atoms with Gasteiger partial charge < -0.3 is 19.1 Å². The summed E-state index contributed by atoms with van der Waals surface area (Å²) in [6, 6.07) is 3.31. The lowest BCUT2D eigenvalue weighted by Gasteiger charge is -2.32. The third kappa shape index (κ3) is 5.18. The highest BCUT2D eigenvalue weighted by Crippen LogP contribution is 2.36. The van der Waals surface area contributed by atoms with Crippen molar-refractivity contribution in [3.05, 3.63) is 23.6 Å². The zero-order valence-electron chi connectivity index (χ0n) is 15.5. The topological polar surface area (TPSA) is 73.8 Å². The van der Waals surface area contributed by atoms with Crippen molar-refractivity contribution in [2.24, 2.45) is 0 Å². The van der Waals surface area contributed by atoms with Crippen LogP contribution in [0.1, 0.15) is 12.8 Å². The molecule has 0 bridgehead atoms. The van der Waals surface area contributed by atoms with Crippen molar-refractivity contribution in [1.82, 2.24) is 14.9 Å². The van der Waals surface area contributed by atoms with E-state index in [4.69, 9.17) is 25.8 Å². The Morgan fingerprint density at radius 1 is 1.21 bits per heavy atom. The SMILES string of the molecule is COCCOc1cc2ncnc(Cl)c2cc1OC1CCN(C(=O)C(F)(F)F)CC1. The Bertz CT molecular complexity index is 873. The zero-order chi connectivity index (χ0) is 21.0. The van der Waals surface area contributed by atoms with Crippen LogP contribution in [-0.4, -0.2) is 66.5 Å². The van der Waals surface area contributed by atoms with Crippen LogP contribution in [0.4, 0.5) is 13.2 Å². The molecule has 0 N–H and O–H groups in total. The predicted molar refractivity (Wildman–Crippen MR) is 98.2 cm³/mol. The van der Waals surface area contributed by atoms with Crippen LogP contribution in [0, 0.1) is 0 Å². The normalized spacial score (nSPS) is 15.6. The molecule has 1 saturated heterocycles. The first-order chi connectivity index (χ1) is 13.8. The highest BCUT2D eigenvalue weighted by molar-refractivity contribution is 6.34. The van der Waals surface area contributed by atoms with Crippen molar-refractivity contribution in [3.8, 4) is 11.5 Å². The molecule has 29 heavy (non-hydrogen) atoms. The number of methoxy groups -OCH3 is 1. The highest BCUT2D eigenvalue weighted by atomic mass is 35.5. The number of hydrogen-bond acceptors (Lipinski definition) is 6. The molecular weight excluding hydrogens is 415 g/mol. The summed E-state index contributed by atoms with van der Waals surface area (Å²) in [6.07, 6.45) is -3.40.